The molecule has 2 aromatic heterocycles. The van der Waals surface area contributed by atoms with Gasteiger partial charge in [0.25, 0.3) is 0 Å². The van der Waals surface area contributed by atoms with Crippen LogP contribution in [0.1, 0.15) is 17.1 Å². The van der Waals surface area contributed by atoms with Crippen molar-refractivity contribution in [1.82, 2.24) is 15.1 Å². The normalized spacial score (nSPS) is 11.6. The number of anilines is 1. The second kappa shape index (κ2) is 4.63. The van der Waals surface area contributed by atoms with E-state index in [2.05, 4.69) is 20.4 Å². The molecule has 0 saturated heterocycles. The summed E-state index contributed by atoms with van der Waals surface area (Å²) in [4.78, 5) is 7.05. The molecule has 1 N–H and O–H groups in total. The molecule has 2 rings (SSSR count). The molecule has 0 spiro atoms. The van der Waals surface area contributed by atoms with Crippen LogP contribution >= 0.6 is 0 Å². The predicted molar refractivity (Wildman–Crippen MR) is 55.6 cm³/mol. The monoisotopic (exact) mass is 258 g/mol. The number of nitrogens with one attached hydrogen (secondary N) is 1. The first-order valence-corrected chi connectivity index (χ1v) is 5.01. The summed E-state index contributed by atoms with van der Waals surface area (Å²) in [5, 5.41) is 6.33. The van der Waals surface area contributed by atoms with E-state index >= 15 is 0 Å². The quantitative estimate of drug-likeness (QED) is 0.915. The lowest BCUT2D eigenvalue weighted by Gasteiger charge is -2.07. The zero-order valence-corrected chi connectivity index (χ0v) is 9.32. The fourth-order valence-corrected chi connectivity index (χ4v) is 1.27. The molecule has 0 radical (unpaired) electrons. The third kappa shape index (κ3) is 2.96. The molecule has 0 atom stereocenters. The van der Waals surface area contributed by atoms with E-state index in [0.29, 0.717) is 11.5 Å². The molecule has 0 aliphatic carbocycles. The van der Waals surface area contributed by atoms with Crippen molar-refractivity contribution < 1.29 is 17.7 Å². The molecule has 2 aromatic rings. The third-order valence-corrected chi connectivity index (χ3v) is 2.05. The molecular formula is C10H9F3N4O. The topological polar surface area (TPSA) is 63.8 Å². The maximum atomic E-state index is 12.4. The Balaban J connectivity index is 2.06. The summed E-state index contributed by atoms with van der Waals surface area (Å²) in [6.45, 7) is 1.91. The van der Waals surface area contributed by atoms with Crippen LogP contribution in [0.25, 0.3) is 0 Å². The van der Waals surface area contributed by atoms with Gasteiger partial charge in [-0.3, -0.25) is 0 Å². The van der Waals surface area contributed by atoms with Crippen molar-refractivity contribution in [2.24, 2.45) is 0 Å². The van der Waals surface area contributed by atoms with Crippen LogP contribution in [0.3, 0.4) is 0 Å². The van der Waals surface area contributed by atoms with Crippen molar-refractivity contribution >= 4 is 5.95 Å². The van der Waals surface area contributed by atoms with Crippen LogP contribution in [0.5, 0.6) is 0 Å². The highest BCUT2D eigenvalue weighted by molar-refractivity contribution is 5.27. The number of halogens is 3. The zero-order valence-electron chi connectivity index (χ0n) is 9.32. The highest BCUT2D eigenvalue weighted by atomic mass is 19.4. The van der Waals surface area contributed by atoms with E-state index in [-0.39, 0.29) is 12.5 Å². The lowest BCUT2D eigenvalue weighted by Crippen LogP contribution is -2.11. The van der Waals surface area contributed by atoms with E-state index < -0.39 is 11.9 Å². The maximum Gasteiger partial charge on any atom is 0.433 e. The highest BCUT2D eigenvalue weighted by Gasteiger charge is 2.32. The van der Waals surface area contributed by atoms with Gasteiger partial charge in [-0.1, -0.05) is 5.16 Å². The first-order valence-electron chi connectivity index (χ1n) is 5.01. The van der Waals surface area contributed by atoms with Gasteiger partial charge >= 0.3 is 6.18 Å². The largest absolute Gasteiger partial charge is 0.433 e. The third-order valence-electron chi connectivity index (χ3n) is 2.05. The van der Waals surface area contributed by atoms with Gasteiger partial charge in [-0.2, -0.15) is 13.2 Å². The minimum Gasteiger partial charge on any atom is -0.361 e. The molecule has 2 heterocycles. The van der Waals surface area contributed by atoms with Crippen molar-refractivity contribution in [1.29, 1.82) is 0 Å². The Morgan fingerprint density at radius 1 is 1.39 bits per heavy atom. The zero-order chi connectivity index (χ0) is 13.2. The van der Waals surface area contributed by atoms with Crippen LogP contribution in [0, 0.1) is 6.92 Å². The van der Waals surface area contributed by atoms with E-state index in [0.717, 1.165) is 12.3 Å². The Kier molecular flexibility index (Phi) is 3.17. The Morgan fingerprint density at radius 3 is 2.78 bits per heavy atom. The molecule has 0 amide bonds. The highest BCUT2D eigenvalue weighted by Crippen LogP contribution is 2.27. The molecule has 5 nitrogen and oxygen atoms in total. The van der Waals surface area contributed by atoms with Crippen LogP contribution in [0.4, 0.5) is 19.1 Å². The molecule has 0 aliphatic heterocycles. The lowest BCUT2D eigenvalue weighted by atomic mass is 10.4. The Hall–Kier alpha value is -2.12. The fraction of sp³-hybridized carbons (Fsp3) is 0.300. The van der Waals surface area contributed by atoms with E-state index in [1.54, 1.807) is 13.0 Å². The molecule has 0 fully saturated rings. The summed E-state index contributed by atoms with van der Waals surface area (Å²) in [7, 11) is 0. The van der Waals surface area contributed by atoms with Crippen LogP contribution in [0.15, 0.2) is 22.9 Å². The van der Waals surface area contributed by atoms with Gasteiger partial charge in [-0.25, -0.2) is 9.97 Å². The number of alkyl halides is 3. The SMILES string of the molecule is Cc1cc(CNc2nccc(C(F)(F)F)n2)no1. The number of hydrogen-bond donors (Lipinski definition) is 1. The van der Waals surface area contributed by atoms with Gasteiger partial charge in [0.05, 0.1) is 6.54 Å². The van der Waals surface area contributed by atoms with E-state index in [9.17, 15) is 13.2 Å². The first kappa shape index (κ1) is 12.3. The molecule has 96 valence electrons. The van der Waals surface area contributed by atoms with Crippen molar-refractivity contribution in [3.63, 3.8) is 0 Å². The molecule has 18 heavy (non-hydrogen) atoms. The van der Waals surface area contributed by atoms with Crippen LogP contribution in [-0.2, 0) is 12.7 Å². The van der Waals surface area contributed by atoms with Gasteiger partial charge in [0.1, 0.15) is 17.1 Å². The Labute approximate surface area is 100 Å². The number of rotatable bonds is 3. The fourth-order valence-electron chi connectivity index (χ4n) is 1.27. The molecule has 8 heteroatoms. The Bertz CT molecular complexity index is 538. The number of nitrogens with zero attached hydrogens (tertiary/aromatic N) is 3. The molecule has 0 aromatic carbocycles. The van der Waals surface area contributed by atoms with Crippen molar-refractivity contribution in [2.75, 3.05) is 5.32 Å². The van der Waals surface area contributed by atoms with Crippen LogP contribution in [0.2, 0.25) is 0 Å². The summed E-state index contributed by atoms with van der Waals surface area (Å²) in [6, 6.07) is 2.48. The average Bonchev–Trinajstić information content (AvgIpc) is 2.72. The van der Waals surface area contributed by atoms with Crippen LogP contribution in [-0.4, -0.2) is 15.1 Å². The number of aromatic nitrogens is 3. The molecule has 0 unspecified atom stereocenters. The summed E-state index contributed by atoms with van der Waals surface area (Å²) >= 11 is 0. The van der Waals surface area contributed by atoms with Crippen LogP contribution < -0.4 is 5.32 Å². The standard InChI is InChI=1S/C10H9F3N4O/c1-6-4-7(17-18-6)5-15-9-14-3-2-8(16-9)10(11,12)13/h2-4H,5H2,1H3,(H,14,15,16). The van der Waals surface area contributed by atoms with Crippen molar-refractivity contribution in [3.05, 3.63) is 35.5 Å². The minimum absolute atomic E-state index is 0.106. The van der Waals surface area contributed by atoms with Gasteiger partial charge in [-0.05, 0) is 13.0 Å². The van der Waals surface area contributed by atoms with Gasteiger partial charge in [-0.15, -0.1) is 0 Å². The van der Waals surface area contributed by atoms with E-state index in [1.165, 1.54) is 0 Å². The molecule has 0 saturated carbocycles. The van der Waals surface area contributed by atoms with Gasteiger partial charge in [0.2, 0.25) is 5.95 Å². The van der Waals surface area contributed by atoms with E-state index in [4.69, 9.17) is 4.52 Å². The lowest BCUT2D eigenvalue weighted by molar-refractivity contribution is -0.141. The Morgan fingerprint density at radius 2 is 2.17 bits per heavy atom. The number of aryl methyl sites for hydroxylation is 1. The molecular weight excluding hydrogens is 249 g/mol. The molecule has 0 aliphatic rings. The molecule has 0 bridgehead atoms. The van der Waals surface area contributed by atoms with Crippen molar-refractivity contribution in [3.8, 4) is 0 Å². The second-order valence-electron chi connectivity index (χ2n) is 3.55. The van der Waals surface area contributed by atoms with E-state index in [1.807, 2.05) is 0 Å². The number of hydrogen-bond acceptors (Lipinski definition) is 5. The second-order valence-corrected chi connectivity index (χ2v) is 3.55. The maximum absolute atomic E-state index is 12.4. The summed E-state index contributed by atoms with van der Waals surface area (Å²) in [6.07, 6.45) is -3.43. The first-order chi connectivity index (χ1) is 8.45. The summed E-state index contributed by atoms with van der Waals surface area (Å²) < 4.78 is 42.0. The summed E-state index contributed by atoms with van der Waals surface area (Å²) in [5.74, 6) is 0.516. The average molecular weight is 258 g/mol. The predicted octanol–water partition coefficient (Wildman–Crippen LogP) is 2.40. The van der Waals surface area contributed by atoms with Gasteiger partial charge in [0.15, 0.2) is 0 Å². The summed E-state index contributed by atoms with van der Waals surface area (Å²) in [5.41, 5.74) is -0.426. The minimum atomic E-state index is -4.48. The van der Waals surface area contributed by atoms with Gasteiger partial charge in [0, 0.05) is 12.3 Å². The van der Waals surface area contributed by atoms with Crippen molar-refractivity contribution in [2.45, 2.75) is 19.6 Å². The van der Waals surface area contributed by atoms with Gasteiger partial charge < -0.3 is 9.84 Å². The smallest absolute Gasteiger partial charge is 0.361 e.